The van der Waals surface area contributed by atoms with Crippen LogP contribution in [0.4, 0.5) is 0 Å². The lowest BCUT2D eigenvalue weighted by atomic mass is 10.0. The molecule has 2 aliphatic rings. The van der Waals surface area contributed by atoms with E-state index in [4.69, 9.17) is 14.2 Å². The van der Waals surface area contributed by atoms with Crippen LogP contribution in [0, 0.1) is 0 Å². The second kappa shape index (κ2) is 7.33. The smallest absolute Gasteiger partial charge is 0.165 e. The van der Waals surface area contributed by atoms with E-state index in [1.807, 2.05) is 24.3 Å². The Morgan fingerprint density at radius 3 is 2.92 bits per heavy atom. The van der Waals surface area contributed by atoms with Crippen LogP contribution in [-0.2, 0) is 6.54 Å². The maximum Gasteiger partial charge on any atom is 0.165 e. The van der Waals surface area contributed by atoms with Crippen LogP contribution < -0.4 is 19.5 Å². The standard InChI is InChI=1S/C20H24N2O3/c1-23-18-7-3-2-6-16(18)17-13-21-9-10-22(17)14-15-5-4-8-19-20(15)25-12-11-24-19/h2-8,17,21H,9-14H2,1H3. The second-order valence-electron chi connectivity index (χ2n) is 6.37. The normalized spacial score (nSPS) is 20.3. The van der Waals surface area contributed by atoms with Crippen molar-refractivity contribution in [1.29, 1.82) is 0 Å². The lowest BCUT2D eigenvalue weighted by molar-refractivity contribution is 0.140. The third-order valence-corrected chi connectivity index (χ3v) is 4.87. The summed E-state index contributed by atoms with van der Waals surface area (Å²) >= 11 is 0. The maximum atomic E-state index is 5.89. The van der Waals surface area contributed by atoms with Gasteiger partial charge in [0.15, 0.2) is 11.5 Å². The second-order valence-corrected chi connectivity index (χ2v) is 6.37. The fourth-order valence-corrected chi connectivity index (χ4v) is 3.66. The first-order valence-electron chi connectivity index (χ1n) is 8.82. The minimum absolute atomic E-state index is 0.269. The minimum Gasteiger partial charge on any atom is -0.496 e. The molecule has 1 saturated heterocycles. The molecule has 1 N–H and O–H groups in total. The first-order chi connectivity index (χ1) is 12.4. The summed E-state index contributed by atoms with van der Waals surface area (Å²) in [5.74, 6) is 2.69. The van der Waals surface area contributed by atoms with Crippen LogP contribution in [-0.4, -0.2) is 44.9 Å². The quantitative estimate of drug-likeness (QED) is 0.927. The summed E-state index contributed by atoms with van der Waals surface area (Å²) in [4.78, 5) is 2.49. The van der Waals surface area contributed by atoms with Crippen LogP contribution in [0.15, 0.2) is 42.5 Å². The summed E-state index contributed by atoms with van der Waals surface area (Å²) in [5, 5.41) is 3.51. The molecule has 0 radical (unpaired) electrons. The van der Waals surface area contributed by atoms with Crippen molar-refractivity contribution in [2.75, 3.05) is 40.0 Å². The molecule has 25 heavy (non-hydrogen) atoms. The van der Waals surface area contributed by atoms with E-state index in [9.17, 15) is 0 Å². The fraction of sp³-hybridized carbons (Fsp3) is 0.400. The van der Waals surface area contributed by atoms with Crippen molar-refractivity contribution in [2.45, 2.75) is 12.6 Å². The highest BCUT2D eigenvalue weighted by atomic mass is 16.6. The third-order valence-electron chi connectivity index (χ3n) is 4.87. The lowest BCUT2D eigenvalue weighted by Gasteiger charge is -2.37. The Morgan fingerprint density at radius 1 is 1.12 bits per heavy atom. The van der Waals surface area contributed by atoms with E-state index >= 15 is 0 Å². The molecule has 0 spiro atoms. The molecule has 1 fully saturated rings. The van der Waals surface area contributed by atoms with Gasteiger partial charge in [-0.1, -0.05) is 30.3 Å². The number of para-hydroxylation sites is 2. The zero-order valence-electron chi connectivity index (χ0n) is 14.5. The van der Waals surface area contributed by atoms with Crippen molar-refractivity contribution in [3.8, 4) is 17.2 Å². The number of fused-ring (bicyclic) bond motifs is 1. The predicted octanol–water partition coefficient (Wildman–Crippen LogP) is 2.61. The summed E-state index contributed by atoms with van der Waals surface area (Å²) in [6.45, 7) is 4.93. The Hall–Kier alpha value is -2.24. The number of rotatable bonds is 4. The van der Waals surface area contributed by atoms with Gasteiger partial charge in [-0.15, -0.1) is 0 Å². The van der Waals surface area contributed by atoms with E-state index < -0.39 is 0 Å². The number of ether oxygens (including phenoxy) is 3. The van der Waals surface area contributed by atoms with Gasteiger partial charge in [0, 0.05) is 37.3 Å². The highest BCUT2D eigenvalue weighted by Crippen LogP contribution is 2.37. The molecule has 4 rings (SSSR count). The highest BCUT2D eigenvalue weighted by Gasteiger charge is 2.27. The maximum absolute atomic E-state index is 5.89. The summed E-state index contributed by atoms with van der Waals surface area (Å²) in [7, 11) is 1.73. The van der Waals surface area contributed by atoms with Gasteiger partial charge in [-0.05, 0) is 12.1 Å². The Bertz CT molecular complexity index is 735. The van der Waals surface area contributed by atoms with Crippen molar-refractivity contribution in [1.82, 2.24) is 10.2 Å². The van der Waals surface area contributed by atoms with Gasteiger partial charge in [-0.2, -0.15) is 0 Å². The van der Waals surface area contributed by atoms with Crippen molar-refractivity contribution < 1.29 is 14.2 Å². The van der Waals surface area contributed by atoms with Crippen molar-refractivity contribution in [3.63, 3.8) is 0 Å². The predicted molar refractivity (Wildman–Crippen MR) is 96.4 cm³/mol. The van der Waals surface area contributed by atoms with Crippen LogP contribution in [0.5, 0.6) is 17.2 Å². The van der Waals surface area contributed by atoms with Gasteiger partial charge in [0.2, 0.25) is 0 Å². The van der Waals surface area contributed by atoms with Gasteiger partial charge in [0.1, 0.15) is 19.0 Å². The largest absolute Gasteiger partial charge is 0.496 e. The molecule has 132 valence electrons. The topological polar surface area (TPSA) is 43.0 Å². The Kier molecular flexibility index (Phi) is 4.76. The van der Waals surface area contributed by atoms with Crippen molar-refractivity contribution in [2.24, 2.45) is 0 Å². The zero-order valence-corrected chi connectivity index (χ0v) is 14.5. The van der Waals surface area contributed by atoms with Crippen LogP contribution in [0.2, 0.25) is 0 Å². The minimum atomic E-state index is 0.269. The molecule has 2 aromatic carbocycles. The monoisotopic (exact) mass is 340 g/mol. The molecule has 5 nitrogen and oxygen atoms in total. The van der Waals surface area contributed by atoms with E-state index in [0.717, 1.165) is 43.4 Å². The lowest BCUT2D eigenvalue weighted by Crippen LogP contribution is -2.45. The number of hydrogen-bond acceptors (Lipinski definition) is 5. The van der Waals surface area contributed by atoms with Gasteiger partial charge in [-0.25, -0.2) is 0 Å². The summed E-state index contributed by atoms with van der Waals surface area (Å²) in [5.41, 5.74) is 2.40. The number of methoxy groups -OCH3 is 1. The van der Waals surface area contributed by atoms with Gasteiger partial charge in [0.05, 0.1) is 13.2 Å². The molecule has 1 unspecified atom stereocenters. The van der Waals surface area contributed by atoms with Gasteiger partial charge < -0.3 is 19.5 Å². The van der Waals surface area contributed by atoms with Crippen LogP contribution in [0.3, 0.4) is 0 Å². The SMILES string of the molecule is COc1ccccc1C1CNCCN1Cc1cccc2c1OCCO2. The Balaban J connectivity index is 1.62. The molecule has 1 atom stereocenters. The van der Waals surface area contributed by atoms with Crippen LogP contribution >= 0.6 is 0 Å². The Morgan fingerprint density at radius 2 is 2.00 bits per heavy atom. The van der Waals surface area contributed by atoms with Crippen molar-refractivity contribution >= 4 is 0 Å². The molecule has 0 amide bonds. The first kappa shape index (κ1) is 16.2. The fourth-order valence-electron chi connectivity index (χ4n) is 3.66. The molecule has 0 aromatic heterocycles. The van der Waals surface area contributed by atoms with Gasteiger partial charge in [0.25, 0.3) is 0 Å². The summed E-state index contributed by atoms with van der Waals surface area (Å²) in [6.07, 6.45) is 0. The van der Waals surface area contributed by atoms with E-state index in [2.05, 4.69) is 28.4 Å². The molecule has 0 aliphatic carbocycles. The van der Waals surface area contributed by atoms with E-state index in [0.29, 0.717) is 13.2 Å². The van der Waals surface area contributed by atoms with Crippen molar-refractivity contribution in [3.05, 3.63) is 53.6 Å². The zero-order chi connectivity index (χ0) is 17.1. The molecule has 2 aliphatic heterocycles. The average molecular weight is 340 g/mol. The number of nitrogens with one attached hydrogen (secondary N) is 1. The number of nitrogens with zero attached hydrogens (tertiary/aromatic N) is 1. The molecule has 5 heteroatoms. The average Bonchev–Trinajstić information content (AvgIpc) is 2.69. The van der Waals surface area contributed by atoms with E-state index in [1.165, 1.54) is 11.1 Å². The van der Waals surface area contributed by atoms with Gasteiger partial charge in [-0.3, -0.25) is 4.90 Å². The molecular formula is C20H24N2O3. The summed E-state index contributed by atoms with van der Waals surface area (Å²) < 4.78 is 17.2. The molecule has 0 bridgehead atoms. The number of piperazine rings is 1. The van der Waals surface area contributed by atoms with E-state index in [-0.39, 0.29) is 6.04 Å². The highest BCUT2D eigenvalue weighted by molar-refractivity contribution is 5.47. The first-order valence-corrected chi connectivity index (χ1v) is 8.82. The molecule has 2 heterocycles. The van der Waals surface area contributed by atoms with Gasteiger partial charge >= 0.3 is 0 Å². The van der Waals surface area contributed by atoms with Crippen LogP contribution in [0.1, 0.15) is 17.2 Å². The van der Waals surface area contributed by atoms with E-state index in [1.54, 1.807) is 7.11 Å². The molecule has 0 saturated carbocycles. The third kappa shape index (κ3) is 3.30. The number of hydrogen-bond donors (Lipinski definition) is 1. The molecule has 2 aromatic rings. The molecular weight excluding hydrogens is 316 g/mol. The summed E-state index contributed by atoms with van der Waals surface area (Å²) in [6, 6.07) is 14.7. The number of benzene rings is 2. The Labute approximate surface area is 148 Å². The van der Waals surface area contributed by atoms with Crippen LogP contribution in [0.25, 0.3) is 0 Å².